The lowest BCUT2D eigenvalue weighted by atomic mass is 10.1. The summed E-state index contributed by atoms with van der Waals surface area (Å²) >= 11 is 6.15. The lowest BCUT2D eigenvalue weighted by Crippen LogP contribution is -1.98. The van der Waals surface area contributed by atoms with Crippen molar-refractivity contribution in [1.29, 1.82) is 0 Å². The predicted molar refractivity (Wildman–Crippen MR) is 106 cm³/mol. The van der Waals surface area contributed by atoms with Gasteiger partial charge in [-0.2, -0.15) is 0 Å². The van der Waals surface area contributed by atoms with E-state index < -0.39 is 0 Å². The zero-order valence-corrected chi connectivity index (χ0v) is 15.5. The lowest BCUT2D eigenvalue weighted by molar-refractivity contribution is 0.104. The molecule has 0 aliphatic heterocycles. The van der Waals surface area contributed by atoms with Crippen molar-refractivity contribution in [2.75, 3.05) is 7.11 Å². The molecule has 4 nitrogen and oxygen atoms in total. The van der Waals surface area contributed by atoms with Crippen LogP contribution in [0.25, 0.3) is 6.08 Å². The third-order valence-electron chi connectivity index (χ3n) is 3.90. The van der Waals surface area contributed by atoms with Crippen LogP contribution in [0.1, 0.15) is 21.5 Å². The number of ether oxygens (including phenoxy) is 2. The summed E-state index contributed by atoms with van der Waals surface area (Å²) in [7, 11) is 1.58. The van der Waals surface area contributed by atoms with Gasteiger partial charge >= 0.3 is 0 Å². The summed E-state index contributed by atoms with van der Waals surface area (Å²) in [5.74, 6) is 1.08. The molecule has 3 aromatic rings. The third-order valence-corrected chi connectivity index (χ3v) is 4.27. The first-order valence-corrected chi connectivity index (χ1v) is 8.72. The number of methoxy groups -OCH3 is 1. The number of allylic oxidation sites excluding steroid dienone is 1. The number of nitrogens with zero attached hydrogens (tertiary/aromatic N) is 1. The largest absolute Gasteiger partial charge is 0.493 e. The highest BCUT2D eigenvalue weighted by Crippen LogP contribution is 2.30. The van der Waals surface area contributed by atoms with Crippen LogP contribution in [-0.2, 0) is 6.61 Å². The molecular weight excluding hydrogens is 362 g/mol. The molecule has 0 spiro atoms. The summed E-state index contributed by atoms with van der Waals surface area (Å²) < 4.78 is 11.2. The minimum Gasteiger partial charge on any atom is -0.493 e. The van der Waals surface area contributed by atoms with E-state index in [1.807, 2.05) is 42.5 Å². The Labute approximate surface area is 163 Å². The topological polar surface area (TPSA) is 48.4 Å². The van der Waals surface area contributed by atoms with E-state index in [0.29, 0.717) is 28.7 Å². The van der Waals surface area contributed by atoms with E-state index in [2.05, 4.69) is 4.98 Å². The predicted octanol–water partition coefficient (Wildman–Crippen LogP) is 5.22. The highest BCUT2D eigenvalue weighted by Gasteiger charge is 2.07. The zero-order valence-electron chi connectivity index (χ0n) is 14.8. The van der Waals surface area contributed by atoms with Crippen LogP contribution < -0.4 is 9.47 Å². The number of pyridine rings is 1. The van der Waals surface area contributed by atoms with E-state index in [1.165, 1.54) is 6.08 Å². The van der Waals surface area contributed by atoms with E-state index >= 15 is 0 Å². The molecule has 0 aliphatic carbocycles. The second-order valence-corrected chi connectivity index (χ2v) is 6.14. The summed E-state index contributed by atoms with van der Waals surface area (Å²) in [6.07, 6.45) is 6.41. The maximum Gasteiger partial charge on any atom is 0.187 e. The Hall–Kier alpha value is -3.11. The fourth-order valence-electron chi connectivity index (χ4n) is 2.45. The molecule has 5 heteroatoms. The van der Waals surface area contributed by atoms with Gasteiger partial charge in [-0.3, -0.25) is 9.78 Å². The van der Waals surface area contributed by atoms with E-state index in [-0.39, 0.29) is 5.78 Å². The van der Waals surface area contributed by atoms with Gasteiger partial charge in [0.25, 0.3) is 0 Å². The summed E-state index contributed by atoms with van der Waals surface area (Å²) in [6, 6.07) is 16.5. The van der Waals surface area contributed by atoms with Crippen molar-refractivity contribution in [3.8, 4) is 11.5 Å². The fourth-order valence-corrected chi connectivity index (χ4v) is 2.64. The third kappa shape index (κ3) is 4.96. The molecule has 1 aromatic heterocycles. The van der Waals surface area contributed by atoms with Gasteiger partial charge in [-0.25, -0.2) is 0 Å². The van der Waals surface area contributed by atoms with Crippen molar-refractivity contribution >= 4 is 23.5 Å². The molecule has 0 atom stereocenters. The van der Waals surface area contributed by atoms with Crippen molar-refractivity contribution in [2.24, 2.45) is 0 Å². The molecule has 2 aromatic carbocycles. The van der Waals surface area contributed by atoms with Gasteiger partial charge in [0.05, 0.1) is 7.11 Å². The number of hydrogen-bond acceptors (Lipinski definition) is 4. The number of halogens is 1. The molecule has 27 heavy (non-hydrogen) atoms. The van der Waals surface area contributed by atoms with Gasteiger partial charge in [0.15, 0.2) is 17.3 Å². The SMILES string of the molecule is COc1cc(/C=C/C(=O)c2cccnc2)ccc1OCc1ccccc1Cl. The molecule has 0 saturated heterocycles. The van der Waals surface area contributed by atoms with Crippen molar-refractivity contribution in [1.82, 2.24) is 4.98 Å². The molecule has 0 bridgehead atoms. The number of hydrogen-bond donors (Lipinski definition) is 0. The molecule has 0 saturated carbocycles. The van der Waals surface area contributed by atoms with Crippen molar-refractivity contribution in [2.45, 2.75) is 6.61 Å². The highest BCUT2D eigenvalue weighted by molar-refractivity contribution is 6.31. The number of carbonyl (C=O) groups is 1. The summed E-state index contributed by atoms with van der Waals surface area (Å²) in [5, 5.41) is 0.657. The molecule has 0 aliphatic rings. The molecular formula is C22H18ClNO3. The van der Waals surface area contributed by atoms with Crippen LogP contribution >= 0.6 is 11.6 Å². The Morgan fingerprint density at radius 1 is 1.11 bits per heavy atom. The number of aromatic nitrogens is 1. The summed E-state index contributed by atoms with van der Waals surface area (Å²) in [4.78, 5) is 16.1. The van der Waals surface area contributed by atoms with Gasteiger partial charge in [-0.15, -0.1) is 0 Å². The van der Waals surface area contributed by atoms with Crippen LogP contribution in [0.2, 0.25) is 5.02 Å². The molecule has 136 valence electrons. The van der Waals surface area contributed by atoms with E-state index in [9.17, 15) is 4.79 Å². The summed E-state index contributed by atoms with van der Waals surface area (Å²) in [5.41, 5.74) is 2.27. The Morgan fingerprint density at radius 3 is 2.70 bits per heavy atom. The molecule has 0 N–H and O–H groups in total. The van der Waals surface area contributed by atoms with Gasteiger partial charge in [-0.05, 0) is 42.0 Å². The fraction of sp³-hybridized carbons (Fsp3) is 0.0909. The maximum absolute atomic E-state index is 12.1. The van der Waals surface area contributed by atoms with Crippen molar-refractivity contribution < 1.29 is 14.3 Å². The van der Waals surface area contributed by atoms with E-state index in [0.717, 1.165) is 11.1 Å². The zero-order chi connectivity index (χ0) is 19.1. The van der Waals surface area contributed by atoms with Crippen LogP contribution in [0.3, 0.4) is 0 Å². The first kappa shape index (κ1) is 18.7. The maximum atomic E-state index is 12.1. The average Bonchev–Trinajstić information content (AvgIpc) is 2.72. The Balaban J connectivity index is 1.71. The Morgan fingerprint density at radius 2 is 1.96 bits per heavy atom. The molecule has 0 amide bonds. The first-order valence-electron chi connectivity index (χ1n) is 8.34. The minimum absolute atomic E-state index is 0.110. The van der Waals surface area contributed by atoms with Gasteiger partial charge in [0, 0.05) is 28.5 Å². The standard InChI is InChI=1S/C22H18ClNO3/c1-26-22-13-16(8-10-20(25)17-6-4-12-24-14-17)9-11-21(22)27-15-18-5-2-3-7-19(18)23/h2-14H,15H2,1H3/b10-8+. The molecule has 3 rings (SSSR count). The molecule has 0 unspecified atom stereocenters. The molecule has 0 radical (unpaired) electrons. The second-order valence-electron chi connectivity index (χ2n) is 5.73. The van der Waals surface area contributed by atoms with Crippen LogP contribution in [0.15, 0.2) is 73.1 Å². The van der Waals surface area contributed by atoms with E-state index in [1.54, 1.807) is 37.7 Å². The monoisotopic (exact) mass is 379 g/mol. The van der Waals surface area contributed by atoms with Crippen LogP contribution in [0, 0.1) is 0 Å². The van der Waals surface area contributed by atoms with Gasteiger partial charge in [0.2, 0.25) is 0 Å². The van der Waals surface area contributed by atoms with Crippen LogP contribution in [0.4, 0.5) is 0 Å². The van der Waals surface area contributed by atoms with Crippen molar-refractivity contribution in [3.63, 3.8) is 0 Å². The number of rotatable bonds is 7. The van der Waals surface area contributed by atoms with Crippen LogP contribution in [0.5, 0.6) is 11.5 Å². The molecule has 1 heterocycles. The average molecular weight is 380 g/mol. The Bertz CT molecular complexity index is 955. The number of carbonyl (C=O) groups excluding carboxylic acids is 1. The number of ketones is 1. The molecule has 0 fully saturated rings. The quantitative estimate of drug-likeness (QED) is 0.417. The van der Waals surface area contributed by atoms with Gasteiger partial charge in [0.1, 0.15) is 6.61 Å². The highest BCUT2D eigenvalue weighted by atomic mass is 35.5. The normalized spacial score (nSPS) is 10.7. The number of benzene rings is 2. The summed E-state index contributed by atoms with van der Waals surface area (Å²) in [6.45, 7) is 0.338. The smallest absolute Gasteiger partial charge is 0.187 e. The van der Waals surface area contributed by atoms with Gasteiger partial charge < -0.3 is 9.47 Å². The second kappa shape index (κ2) is 9.01. The Kier molecular flexibility index (Phi) is 6.23. The van der Waals surface area contributed by atoms with Crippen LogP contribution in [-0.4, -0.2) is 17.9 Å². The minimum atomic E-state index is -0.110. The lowest BCUT2D eigenvalue weighted by Gasteiger charge is -2.12. The van der Waals surface area contributed by atoms with Gasteiger partial charge in [-0.1, -0.05) is 41.9 Å². The first-order chi connectivity index (χ1) is 13.2. The van der Waals surface area contributed by atoms with E-state index in [4.69, 9.17) is 21.1 Å². The van der Waals surface area contributed by atoms with Crippen molar-refractivity contribution in [3.05, 3.63) is 94.8 Å².